The van der Waals surface area contributed by atoms with Crippen molar-refractivity contribution in [3.63, 3.8) is 0 Å². The molecule has 0 unspecified atom stereocenters. The largest absolute Gasteiger partial charge is 0.482 e. The van der Waals surface area contributed by atoms with Crippen LogP contribution in [0.1, 0.15) is 17.7 Å². The second-order valence-electron chi connectivity index (χ2n) is 8.77. The number of fused-ring (bicyclic) bond motifs is 2. The summed E-state index contributed by atoms with van der Waals surface area (Å²) in [5, 5.41) is 1.24. The maximum Gasteiger partial charge on any atom is 0.264 e. The number of amides is 1. The van der Waals surface area contributed by atoms with Crippen molar-refractivity contribution in [2.24, 2.45) is 0 Å². The predicted molar refractivity (Wildman–Crippen MR) is 129 cm³/mol. The molecular weight excluding hydrogens is 400 g/mol. The summed E-state index contributed by atoms with van der Waals surface area (Å²) < 4.78 is 5.55. The second kappa shape index (κ2) is 8.79. The number of hydrogen-bond acceptors (Lipinski definition) is 5. The first-order valence-corrected chi connectivity index (χ1v) is 11.4. The lowest BCUT2D eigenvalue weighted by Crippen LogP contribution is -2.35. The Bertz CT molecular complexity index is 1150. The van der Waals surface area contributed by atoms with Gasteiger partial charge in [-0.2, -0.15) is 0 Å². The standard InChI is InChI=1S/C26H30N4O2/c1-19-7-9-21-22(27-19)5-3-6-23(21)30-13-4-12-29(15-16-30)14-11-20-8-10-25-24(17-20)28(2)26(31)18-32-25/h3,5-10,17H,4,11-16,18H2,1-2H3. The van der Waals surface area contributed by atoms with Gasteiger partial charge in [-0.15, -0.1) is 0 Å². The molecule has 1 amide bonds. The van der Waals surface area contributed by atoms with E-state index in [1.54, 1.807) is 4.90 Å². The van der Waals surface area contributed by atoms with Gasteiger partial charge >= 0.3 is 0 Å². The number of carbonyl (C=O) groups is 1. The summed E-state index contributed by atoms with van der Waals surface area (Å²) in [6.45, 7) is 7.41. The number of benzene rings is 2. The third kappa shape index (κ3) is 4.15. The molecule has 6 nitrogen and oxygen atoms in total. The average Bonchev–Trinajstić information content (AvgIpc) is 3.05. The summed E-state index contributed by atoms with van der Waals surface area (Å²) in [6.07, 6.45) is 2.11. The highest BCUT2D eigenvalue weighted by atomic mass is 16.5. The number of nitrogens with zero attached hydrogens (tertiary/aromatic N) is 4. The fourth-order valence-electron chi connectivity index (χ4n) is 4.71. The zero-order chi connectivity index (χ0) is 22.1. The Morgan fingerprint density at radius 3 is 2.81 bits per heavy atom. The molecule has 0 bridgehead atoms. The Hall–Kier alpha value is -3.12. The first kappa shape index (κ1) is 20.8. The number of carbonyl (C=O) groups excluding carboxylic acids is 1. The quantitative estimate of drug-likeness (QED) is 0.632. The molecule has 3 aromatic rings. The van der Waals surface area contributed by atoms with E-state index in [4.69, 9.17) is 9.72 Å². The van der Waals surface area contributed by atoms with E-state index in [-0.39, 0.29) is 12.5 Å². The number of rotatable bonds is 4. The Labute approximate surface area is 189 Å². The molecule has 2 aliphatic rings. The maximum atomic E-state index is 11.9. The summed E-state index contributed by atoms with van der Waals surface area (Å²) in [5.74, 6) is 0.794. The molecule has 0 N–H and O–H groups in total. The smallest absolute Gasteiger partial charge is 0.264 e. The first-order chi connectivity index (χ1) is 15.6. The van der Waals surface area contributed by atoms with Gasteiger partial charge in [-0.25, -0.2) is 0 Å². The summed E-state index contributed by atoms with van der Waals surface area (Å²) in [7, 11) is 1.82. The molecule has 0 spiro atoms. The zero-order valence-corrected chi connectivity index (χ0v) is 18.9. The van der Waals surface area contributed by atoms with Crippen LogP contribution >= 0.6 is 0 Å². The molecule has 6 heteroatoms. The molecule has 0 radical (unpaired) electrons. The Morgan fingerprint density at radius 2 is 1.91 bits per heavy atom. The number of hydrogen-bond donors (Lipinski definition) is 0. The monoisotopic (exact) mass is 430 g/mol. The summed E-state index contributed by atoms with van der Waals surface area (Å²) in [4.78, 5) is 23.4. The second-order valence-corrected chi connectivity index (χ2v) is 8.77. The van der Waals surface area contributed by atoms with Crippen LogP contribution in [0, 0.1) is 6.92 Å². The van der Waals surface area contributed by atoms with Crippen LogP contribution in [0.4, 0.5) is 11.4 Å². The molecule has 1 fully saturated rings. The van der Waals surface area contributed by atoms with Crippen LogP contribution < -0.4 is 14.5 Å². The van der Waals surface area contributed by atoms with Crippen molar-refractivity contribution in [2.45, 2.75) is 19.8 Å². The van der Waals surface area contributed by atoms with Crippen molar-refractivity contribution >= 4 is 28.2 Å². The van der Waals surface area contributed by atoms with Crippen molar-refractivity contribution in [2.75, 3.05) is 56.2 Å². The molecule has 0 atom stereocenters. The van der Waals surface area contributed by atoms with Crippen LogP contribution in [-0.2, 0) is 11.2 Å². The molecule has 2 aromatic carbocycles. The summed E-state index contributed by atoms with van der Waals surface area (Å²) >= 11 is 0. The van der Waals surface area contributed by atoms with Crippen LogP contribution in [0.2, 0.25) is 0 Å². The van der Waals surface area contributed by atoms with Crippen LogP contribution in [0.25, 0.3) is 10.9 Å². The van der Waals surface area contributed by atoms with E-state index < -0.39 is 0 Å². The maximum absolute atomic E-state index is 11.9. The normalized spacial score (nSPS) is 17.2. The minimum Gasteiger partial charge on any atom is -0.482 e. The SMILES string of the molecule is Cc1ccc2c(N3CCCN(CCc4ccc5c(c4)N(C)C(=O)CO5)CC3)cccc2n1. The van der Waals surface area contributed by atoms with E-state index in [1.807, 2.05) is 20.0 Å². The van der Waals surface area contributed by atoms with E-state index >= 15 is 0 Å². The van der Waals surface area contributed by atoms with Crippen molar-refractivity contribution in [1.29, 1.82) is 0 Å². The number of anilines is 2. The van der Waals surface area contributed by atoms with Crippen LogP contribution in [0.15, 0.2) is 48.5 Å². The van der Waals surface area contributed by atoms with E-state index in [0.717, 1.165) is 68.2 Å². The molecule has 3 heterocycles. The van der Waals surface area contributed by atoms with Gasteiger partial charge in [0.2, 0.25) is 0 Å². The average molecular weight is 431 g/mol. The summed E-state index contributed by atoms with van der Waals surface area (Å²) in [6, 6.07) is 17.0. The molecule has 0 saturated carbocycles. The van der Waals surface area contributed by atoms with Crippen molar-refractivity contribution in [3.8, 4) is 5.75 Å². The fraction of sp³-hybridized carbons (Fsp3) is 0.385. The fourth-order valence-corrected chi connectivity index (χ4v) is 4.71. The lowest BCUT2D eigenvalue weighted by molar-refractivity contribution is -0.120. The highest BCUT2D eigenvalue weighted by molar-refractivity contribution is 5.97. The van der Waals surface area contributed by atoms with Gasteiger partial charge in [-0.05, 0) is 68.3 Å². The van der Waals surface area contributed by atoms with E-state index in [9.17, 15) is 4.79 Å². The zero-order valence-electron chi connectivity index (χ0n) is 18.9. The van der Waals surface area contributed by atoms with Gasteiger partial charge in [-0.1, -0.05) is 12.1 Å². The van der Waals surface area contributed by atoms with E-state index in [2.05, 4.69) is 52.3 Å². The number of aryl methyl sites for hydroxylation is 1. The highest BCUT2D eigenvalue weighted by Crippen LogP contribution is 2.32. The van der Waals surface area contributed by atoms with Crippen molar-refractivity contribution in [3.05, 3.63) is 59.8 Å². The van der Waals surface area contributed by atoms with Crippen LogP contribution in [0.3, 0.4) is 0 Å². The van der Waals surface area contributed by atoms with Crippen LogP contribution in [0.5, 0.6) is 5.75 Å². The van der Waals surface area contributed by atoms with Gasteiger partial charge < -0.3 is 19.4 Å². The minimum atomic E-state index is 0.000978. The van der Waals surface area contributed by atoms with Gasteiger partial charge in [-0.3, -0.25) is 9.78 Å². The van der Waals surface area contributed by atoms with Gasteiger partial charge in [0, 0.05) is 50.0 Å². The number of likely N-dealkylation sites (N-methyl/N-ethyl adjacent to an activating group) is 1. The van der Waals surface area contributed by atoms with Gasteiger partial charge in [0.15, 0.2) is 6.61 Å². The van der Waals surface area contributed by atoms with E-state index in [1.165, 1.54) is 16.6 Å². The van der Waals surface area contributed by atoms with Gasteiger partial charge in [0.1, 0.15) is 5.75 Å². The number of ether oxygens (including phenoxy) is 1. The molecule has 5 rings (SSSR count). The van der Waals surface area contributed by atoms with Crippen LogP contribution in [-0.4, -0.2) is 62.2 Å². The Balaban J connectivity index is 1.24. The van der Waals surface area contributed by atoms with Gasteiger partial charge in [0.25, 0.3) is 5.91 Å². The molecule has 166 valence electrons. The number of pyridine rings is 1. The molecular formula is C26H30N4O2. The topological polar surface area (TPSA) is 48.9 Å². The predicted octanol–water partition coefficient (Wildman–Crippen LogP) is 3.65. The molecule has 1 aromatic heterocycles. The molecule has 1 saturated heterocycles. The minimum absolute atomic E-state index is 0.000978. The third-order valence-corrected chi connectivity index (χ3v) is 6.60. The Morgan fingerprint density at radius 1 is 1.00 bits per heavy atom. The highest BCUT2D eigenvalue weighted by Gasteiger charge is 2.22. The van der Waals surface area contributed by atoms with Gasteiger partial charge in [0.05, 0.1) is 11.2 Å². The van der Waals surface area contributed by atoms with E-state index in [0.29, 0.717) is 0 Å². The molecule has 0 aliphatic carbocycles. The van der Waals surface area contributed by atoms with Crippen molar-refractivity contribution < 1.29 is 9.53 Å². The summed E-state index contributed by atoms with van der Waals surface area (Å²) in [5.41, 5.74) is 5.54. The first-order valence-electron chi connectivity index (χ1n) is 11.4. The van der Waals surface area contributed by atoms with Crippen molar-refractivity contribution in [1.82, 2.24) is 9.88 Å². The lowest BCUT2D eigenvalue weighted by Gasteiger charge is -2.27. The Kier molecular flexibility index (Phi) is 5.70. The lowest BCUT2D eigenvalue weighted by atomic mass is 10.1. The third-order valence-electron chi connectivity index (χ3n) is 6.60. The number of aromatic nitrogens is 1. The molecule has 2 aliphatic heterocycles. The molecule has 32 heavy (non-hydrogen) atoms.